The van der Waals surface area contributed by atoms with E-state index in [0.29, 0.717) is 26.3 Å². The van der Waals surface area contributed by atoms with Gasteiger partial charge in [0.15, 0.2) is 0 Å². The lowest BCUT2D eigenvalue weighted by molar-refractivity contribution is -0.137. The number of amides is 1. The van der Waals surface area contributed by atoms with Gasteiger partial charge in [0, 0.05) is 33.5 Å². The van der Waals surface area contributed by atoms with Crippen molar-refractivity contribution in [2.45, 2.75) is 0 Å². The Balaban J connectivity index is 4.71. The fourth-order valence-electron chi connectivity index (χ4n) is 1.23. The maximum absolute atomic E-state index is 11.6. The van der Waals surface area contributed by atoms with Crippen LogP contribution in [0, 0.1) is 11.3 Å². The smallest absolute Gasteiger partial charge is 0.322 e. The fourth-order valence-corrected chi connectivity index (χ4v) is 1.23. The summed E-state index contributed by atoms with van der Waals surface area (Å²) < 4.78 is 9.87. The first-order valence-electron chi connectivity index (χ1n) is 5.89. The average molecular weight is 285 g/mol. The van der Waals surface area contributed by atoms with Crippen LogP contribution in [-0.2, 0) is 19.1 Å². The van der Waals surface area contributed by atoms with E-state index < -0.39 is 18.4 Å². The topological polar surface area (TPSA) is 112 Å². The summed E-state index contributed by atoms with van der Waals surface area (Å²) in [5, 5.41) is 19.5. The molecule has 0 aliphatic carbocycles. The third-order valence-corrected chi connectivity index (χ3v) is 2.24. The van der Waals surface area contributed by atoms with E-state index in [9.17, 15) is 9.59 Å². The molecule has 0 saturated heterocycles. The molecule has 20 heavy (non-hydrogen) atoms. The molecule has 8 nitrogen and oxygen atoms in total. The lowest BCUT2D eigenvalue weighted by Gasteiger charge is -2.19. The lowest BCUT2D eigenvalue weighted by Crippen LogP contribution is -2.32. The van der Waals surface area contributed by atoms with Gasteiger partial charge in [-0.15, -0.1) is 0 Å². The van der Waals surface area contributed by atoms with Crippen molar-refractivity contribution in [3.63, 3.8) is 0 Å². The van der Waals surface area contributed by atoms with E-state index in [1.54, 1.807) is 25.2 Å². The summed E-state index contributed by atoms with van der Waals surface area (Å²) in [4.78, 5) is 23.7. The van der Waals surface area contributed by atoms with Gasteiger partial charge in [0.25, 0.3) is 5.91 Å². The number of nitrogens with one attached hydrogen (secondary N) is 1. The van der Waals surface area contributed by atoms with Crippen LogP contribution in [0.1, 0.15) is 0 Å². The summed E-state index contributed by atoms with van der Waals surface area (Å²) >= 11 is 0. The second-order valence-electron chi connectivity index (χ2n) is 3.75. The molecule has 0 aromatic heterocycles. The van der Waals surface area contributed by atoms with E-state index in [4.69, 9.17) is 19.8 Å². The quantitative estimate of drug-likeness (QED) is 0.399. The summed E-state index contributed by atoms with van der Waals surface area (Å²) in [5.74, 6) is -1.90. The molecule has 0 saturated carbocycles. The van der Waals surface area contributed by atoms with Gasteiger partial charge in [0.1, 0.15) is 18.2 Å². The molecule has 0 aromatic rings. The predicted octanol–water partition coefficient (Wildman–Crippen LogP) is -0.811. The molecule has 0 unspecified atom stereocenters. The van der Waals surface area contributed by atoms with E-state index in [1.807, 2.05) is 0 Å². The number of methoxy groups -OCH3 is 2. The third-order valence-electron chi connectivity index (χ3n) is 2.24. The monoisotopic (exact) mass is 285 g/mol. The molecule has 0 rings (SSSR count). The van der Waals surface area contributed by atoms with Crippen LogP contribution in [0.25, 0.3) is 0 Å². The zero-order valence-electron chi connectivity index (χ0n) is 11.6. The third kappa shape index (κ3) is 8.07. The molecular formula is C12H19N3O5. The molecule has 0 aromatic carbocycles. The van der Waals surface area contributed by atoms with Crippen molar-refractivity contribution in [2.75, 3.05) is 47.1 Å². The second kappa shape index (κ2) is 10.8. The first-order chi connectivity index (χ1) is 9.54. The van der Waals surface area contributed by atoms with Crippen molar-refractivity contribution in [1.29, 1.82) is 5.26 Å². The van der Waals surface area contributed by atoms with Gasteiger partial charge in [-0.1, -0.05) is 0 Å². The first kappa shape index (κ1) is 17.9. The lowest BCUT2D eigenvalue weighted by atomic mass is 10.3. The van der Waals surface area contributed by atoms with Gasteiger partial charge in [-0.3, -0.25) is 9.59 Å². The van der Waals surface area contributed by atoms with Gasteiger partial charge in [0.2, 0.25) is 0 Å². The maximum atomic E-state index is 11.6. The number of hydrogen-bond acceptors (Lipinski definition) is 6. The molecule has 0 radical (unpaired) electrons. The molecule has 0 aliphatic heterocycles. The van der Waals surface area contributed by atoms with Gasteiger partial charge in [0.05, 0.1) is 13.2 Å². The Morgan fingerprint density at radius 1 is 1.30 bits per heavy atom. The predicted molar refractivity (Wildman–Crippen MR) is 69.7 cm³/mol. The SMILES string of the molecule is COCCN(/C=C(/C#N)C(=O)NCC(=O)O)CCOC. The Morgan fingerprint density at radius 2 is 1.85 bits per heavy atom. The molecule has 112 valence electrons. The second-order valence-corrected chi connectivity index (χ2v) is 3.75. The molecule has 8 heteroatoms. The number of rotatable bonds is 10. The fraction of sp³-hybridized carbons (Fsp3) is 0.583. The van der Waals surface area contributed by atoms with Crippen molar-refractivity contribution in [3.8, 4) is 6.07 Å². The molecule has 0 fully saturated rings. The van der Waals surface area contributed by atoms with Crippen LogP contribution in [0.4, 0.5) is 0 Å². The van der Waals surface area contributed by atoms with Gasteiger partial charge < -0.3 is 24.8 Å². The van der Waals surface area contributed by atoms with Crippen molar-refractivity contribution >= 4 is 11.9 Å². The molecule has 1 amide bonds. The minimum atomic E-state index is -1.17. The van der Waals surface area contributed by atoms with E-state index in [1.165, 1.54) is 6.20 Å². The van der Waals surface area contributed by atoms with Crippen LogP contribution in [0.2, 0.25) is 0 Å². The maximum Gasteiger partial charge on any atom is 0.322 e. The number of carbonyl (C=O) groups is 2. The van der Waals surface area contributed by atoms with E-state index in [2.05, 4.69) is 5.32 Å². The summed E-state index contributed by atoms with van der Waals surface area (Å²) in [7, 11) is 3.09. The molecule has 0 aliphatic rings. The highest BCUT2D eigenvalue weighted by Crippen LogP contribution is 1.99. The van der Waals surface area contributed by atoms with Gasteiger partial charge in [-0.25, -0.2) is 0 Å². The van der Waals surface area contributed by atoms with E-state index >= 15 is 0 Å². The van der Waals surface area contributed by atoms with Crippen LogP contribution in [0.15, 0.2) is 11.8 Å². The van der Waals surface area contributed by atoms with Gasteiger partial charge >= 0.3 is 5.97 Å². The van der Waals surface area contributed by atoms with Crippen LogP contribution < -0.4 is 5.32 Å². The molecular weight excluding hydrogens is 266 g/mol. The van der Waals surface area contributed by atoms with Crippen LogP contribution >= 0.6 is 0 Å². The van der Waals surface area contributed by atoms with Crippen LogP contribution in [0.5, 0.6) is 0 Å². The Bertz CT molecular complexity index is 381. The van der Waals surface area contributed by atoms with Crippen molar-refractivity contribution in [2.24, 2.45) is 0 Å². The molecule has 0 spiro atoms. The number of carboxylic acids is 1. The number of carboxylic acid groups (broad SMARTS) is 1. The number of nitriles is 1. The average Bonchev–Trinajstić information content (AvgIpc) is 2.44. The Hall–Kier alpha value is -2.11. The normalized spacial score (nSPS) is 10.8. The highest BCUT2D eigenvalue weighted by atomic mass is 16.5. The van der Waals surface area contributed by atoms with Crippen LogP contribution in [0.3, 0.4) is 0 Å². The molecule has 2 N–H and O–H groups in total. The van der Waals surface area contributed by atoms with Crippen LogP contribution in [-0.4, -0.2) is 69.0 Å². The molecule has 0 atom stereocenters. The Morgan fingerprint density at radius 3 is 2.25 bits per heavy atom. The number of ether oxygens (including phenoxy) is 2. The largest absolute Gasteiger partial charge is 0.480 e. The number of aliphatic carboxylic acids is 1. The van der Waals surface area contributed by atoms with E-state index in [-0.39, 0.29) is 5.57 Å². The van der Waals surface area contributed by atoms with E-state index in [0.717, 1.165) is 0 Å². The number of nitrogens with zero attached hydrogens (tertiary/aromatic N) is 2. The summed E-state index contributed by atoms with van der Waals surface area (Å²) in [6.45, 7) is 1.29. The molecule has 0 heterocycles. The zero-order chi connectivity index (χ0) is 15.4. The number of carbonyl (C=O) groups excluding carboxylic acids is 1. The number of hydrogen-bond donors (Lipinski definition) is 2. The molecule has 0 bridgehead atoms. The minimum absolute atomic E-state index is 0.168. The first-order valence-corrected chi connectivity index (χ1v) is 5.89. The highest BCUT2D eigenvalue weighted by molar-refractivity contribution is 5.98. The summed E-state index contributed by atoms with van der Waals surface area (Å²) in [6.07, 6.45) is 1.37. The standard InChI is InChI=1S/C12H19N3O5/c1-19-5-3-15(4-6-20-2)9-10(7-13)12(18)14-8-11(16)17/h9H,3-6,8H2,1-2H3,(H,14,18)(H,16,17)/b10-9-. The van der Waals surface area contributed by atoms with Crippen molar-refractivity contribution < 1.29 is 24.2 Å². The zero-order valence-corrected chi connectivity index (χ0v) is 11.6. The highest BCUT2D eigenvalue weighted by Gasteiger charge is 2.12. The minimum Gasteiger partial charge on any atom is -0.480 e. The van der Waals surface area contributed by atoms with Crippen molar-refractivity contribution in [3.05, 3.63) is 11.8 Å². The van der Waals surface area contributed by atoms with Gasteiger partial charge in [-0.2, -0.15) is 5.26 Å². The summed E-state index contributed by atoms with van der Waals surface area (Å²) in [5.41, 5.74) is -0.168. The van der Waals surface area contributed by atoms with Crippen molar-refractivity contribution in [1.82, 2.24) is 10.2 Å². The Labute approximate surface area is 117 Å². The summed E-state index contributed by atoms with van der Waals surface area (Å²) in [6, 6.07) is 1.74. The van der Waals surface area contributed by atoms with Gasteiger partial charge in [-0.05, 0) is 0 Å². The Kier molecular flexibility index (Phi) is 9.64.